The molecule has 54 heavy (non-hydrogen) atoms. The molecule has 1 aromatic heterocycles. The van der Waals surface area contributed by atoms with Gasteiger partial charge in [0.1, 0.15) is 36.8 Å². The van der Waals surface area contributed by atoms with E-state index in [0.29, 0.717) is 37.8 Å². The molecule has 2 saturated heterocycles. The molecule has 2 aromatic rings. The minimum atomic E-state index is -1.40. The molecule has 5 atom stereocenters. The summed E-state index contributed by atoms with van der Waals surface area (Å²) in [5, 5.41) is 23.1. The van der Waals surface area contributed by atoms with Crippen molar-refractivity contribution in [2.45, 2.75) is 94.4 Å². The molecule has 0 aliphatic carbocycles. The van der Waals surface area contributed by atoms with Gasteiger partial charge in [-0.2, -0.15) is 0 Å². The van der Waals surface area contributed by atoms with E-state index < -0.39 is 78.2 Å². The molecule has 2 aliphatic heterocycles. The van der Waals surface area contributed by atoms with Crippen LogP contribution in [0.25, 0.3) is 10.9 Å². The van der Waals surface area contributed by atoms with Gasteiger partial charge >= 0.3 is 5.97 Å². The molecule has 0 bridgehead atoms. The Balaban J connectivity index is 1.70. The number of aromatic amines is 1. The topological polar surface area (TPSA) is 309 Å². The van der Waals surface area contributed by atoms with Gasteiger partial charge < -0.3 is 58.8 Å². The number of aromatic nitrogens is 1. The Morgan fingerprint density at radius 1 is 0.889 bits per heavy atom. The second-order valence-corrected chi connectivity index (χ2v) is 13.4. The van der Waals surface area contributed by atoms with Gasteiger partial charge in [-0.3, -0.25) is 38.6 Å². The third-order valence-electron chi connectivity index (χ3n) is 9.44. The number of carbonyl (C=O) groups excluding carboxylic acids is 6. The van der Waals surface area contributed by atoms with Crippen LogP contribution in [0, 0.1) is 0 Å². The SMILES string of the molecule is NCCCC[C@@H]1NC(=O)[C@H](CCCN=C(N)N)NC(=O)CC[C@@H](C(=O)NCC(=O)O)NC(=O)[C@H](Cc2c[nH]c3ccccc23)NC(=O)[C@@H]2CCCN2C1=O. The summed E-state index contributed by atoms with van der Waals surface area (Å²) in [5.41, 5.74) is 18.1. The van der Waals surface area contributed by atoms with Crippen LogP contribution in [-0.2, 0) is 40.0 Å². The number of rotatable bonds is 13. The highest BCUT2D eigenvalue weighted by molar-refractivity contribution is 5.98. The first-order valence-corrected chi connectivity index (χ1v) is 18.2. The molecule has 3 heterocycles. The van der Waals surface area contributed by atoms with Crippen LogP contribution in [0.15, 0.2) is 35.5 Å². The average Bonchev–Trinajstić information content (AvgIpc) is 3.80. The summed E-state index contributed by atoms with van der Waals surface area (Å²) in [6.45, 7) is -0.00179. The zero-order valence-electron chi connectivity index (χ0n) is 30.1. The number of unbranched alkanes of at least 4 members (excludes halogenated alkanes) is 1. The van der Waals surface area contributed by atoms with Crippen LogP contribution < -0.4 is 43.8 Å². The molecule has 1 aromatic carbocycles. The molecule has 6 amide bonds. The van der Waals surface area contributed by atoms with Crippen molar-refractivity contribution in [1.29, 1.82) is 0 Å². The number of nitrogens with zero attached hydrogens (tertiary/aromatic N) is 2. The fourth-order valence-corrected chi connectivity index (χ4v) is 6.66. The average molecular weight is 754 g/mol. The van der Waals surface area contributed by atoms with E-state index in [1.807, 2.05) is 24.3 Å². The molecule has 2 fully saturated rings. The monoisotopic (exact) mass is 753 g/mol. The van der Waals surface area contributed by atoms with Gasteiger partial charge in [0, 0.05) is 43.0 Å². The maximum atomic E-state index is 14.1. The maximum Gasteiger partial charge on any atom is 0.322 e. The summed E-state index contributed by atoms with van der Waals surface area (Å²) in [5.74, 6) is -5.49. The van der Waals surface area contributed by atoms with E-state index in [1.54, 1.807) is 6.20 Å². The third-order valence-corrected chi connectivity index (χ3v) is 9.44. The minimum Gasteiger partial charge on any atom is -0.480 e. The number of amides is 6. The van der Waals surface area contributed by atoms with Gasteiger partial charge in [-0.1, -0.05) is 18.2 Å². The van der Waals surface area contributed by atoms with Crippen molar-refractivity contribution in [2.75, 3.05) is 26.2 Å². The highest BCUT2D eigenvalue weighted by Gasteiger charge is 2.40. The Labute approximate surface area is 312 Å². The summed E-state index contributed by atoms with van der Waals surface area (Å²) in [4.78, 5) is 102. The van der Waals surface area contributed by atoms with Gasteiger partial charge in [-0.25, -0.2) is 0 Å². The molecule has 294 valence electrons. The van der Waals surface area contributed by atoms with E-state index in [0.717, 1.165) is 10.9 Å². The fourth-order valence-electron chi connectivity index (χ4n) is 6.66. The van der Waals surface area contributed by atoms with Crippen molar-refractivity contribution in [3.05, 3.63) is 36.0 Å². The Hall–Kier alpha value is -5.72. The number of nitrogens with two attached hydrogens (primary N) is 3. The summed E-state index contributed by atoms with van der Waals surface area (Å²) < 4.78 is 0. The summed E-state index contributed by atoms with van der Waals surface area (Å²) in [6, 6.07) is 1.58. The van der Waals surface area contributed by atoms with E-state index in [4.69, 9.17) is 17.2 Å². The van der Waals surface area contributed by atoms with Crippen molar-refractivity contribution < 1.29 is 38.7 Å². The lowest BCUT2D eigenvalue weighted by Gasteiger charge is -2.30. The van der Waals surface area contributed by atoms with Crippen LogP contribution in [0.3, 0.4) is 0 Å². The normalized spacial score (nSPS) is 23.0. The highest BCUT2D eigenvalue weighted by Crippen LogP contribution is 2.23. The zero-order valence-corrected chi connectivity index (χ0v) is 30.1. The van der Waals surface area contributed by atoms with Crippen molar-refractivity contribution in [3.8, 4) is 0 Å². The van der Waals surface area contributed by atoms with E-state index in [-0.39, 0.29) is 57.6 Å². The van der Waals surface area contributed by atoms with Crippen LogP contribution in [0.1, 0.15) is 63.4 Å². The van der Waals surface area contributed by atoms with Gasteiger partial charge in [-0.05, 0) is 69.5 Å². The second-order valence-electron chi connectivity index (χ2n) is 13.4. The number of benzene rings is 1. The maximum absolute atomic E-state index is 14.1. The number of H-pyrrole nitrogens is 1. The van der Waals surface area contributed by atoms with Gasteiger partial charge in [0.25, 0.3) is 0 Å². The van der Waals surface area contributed by atoms with Gasteiger partial charge in [0.2, 0.25) is 35.4 Å². The molecule has 13 N–H and O–H groups in total. The molecule has 4 rings (SSSR count). The molecule has 19 nitrogen and oxygen atoms in total. The summed E-state index contributed by atoms with van der Waals surface area (Å²) >= 11 is 0. The predicted octanol–water partition coefficient (Wildman–Crippen LogP) is -2.18. The van der Waals surface area contributed by atoms with Crippen molar-refractivity contribution in [2.24, 2.45) is 22.2 Å². The predicted molar refractivity (Wildman–Crippen MR) is 197 cm³/mol. The van der Waals surface area contributed by atoms with Gasteiger partial charge in [0.05, 0.1) is 0 Å². The number of para-hydroxylation sites is 1. The van der Waals surface area contributed by atoms with E-state index in [2.05, 4.69) is 36.6 Å². The van der Waals surface area contributed by atoms with Gasteiger partial charge in [-0.15, -0.1) is 0 Å². The first-order chi connectivity index (χ1) is 25.9. The lowest BCUT2D eigenvalue weighted by Crippen LogP contribution is -2.58. The highest BCUT2D eigenvalue weighted by atomic mass is 16.4. The Bertz CT molecular complexity index is 1710. The lowest BCUT2D eigenvalue weighted by atomic mass is 10.0. The number of nitrogens with one attached hydrogen (secondary N) is 6. The standard InChI is InChI=1S/C35H51N11O8/c36-14-4-3-9-25-34(54)46-16-6-11-27(46)33(53)45-26(17-20-18-40-22-8-2-1-7-21(20)22)32(52)43-24(30(50)41-19-29(48)49)12-13-28(47)42-23(31(51)44-25)10-5-15-39-35(37)38/h1-2,7-8,18,23-27,40H,3-6,9-17,19,36H2,(H,41,50)(H,42,47)(H,43,52)(H,44,51)(H,45,53)(H,48,49)(H4,37,38,39)/t23-,24-,25-,26-,27-/m0/s1. The van der Waals surface area contributed by atoms with E-state index in [9.17, 15) is 38.7 Å². The number of aliphatic imine (C=N–C) groups is 1. The van der Waals surface area contributed by atoms with Crippen LogP contribution in [0.5, 0.6) is 0 Å². The van der Waals surface area contributed by atoms with Gasteiger partial charge in [0.15, 0.2) is 5.96 Å². The number of carboxylic acid groups (broad SMARTS) is 1. The second kappa shape index (κ2) is 19.9. The Morgan fingerprint density at radius 3 is 2.35 bits per heavy atom. The quantitative estimate of drug-likeness (QED) is 0.0596. The molecule has 0 saturated carbocycles. The number of hydrogen-bond acceptors (Lipinski definition) is 9. The number of fused-ring (bicyclic) bond motifs is 2. The van der Waals surface area contributed by atoms with Crippen LogP contribution in [0.2, 0.25) is 0 Å². The van der Waals surface area contributed by atoms with Crippen LogP contribution in [0.4, 0.5) is 0 Å². The van der Waals surface area contributed by atoms with Crippen molar-refractivity contribution >= 4 is 58.3 Å². The van der Waals surface area contributed by atoms with Crippen molar-refractivity contribution in [1.82, 2.24) is 36.5 Å². The smallest absolute Gasteiger partial charge is 0.322 e. The van der Waals surface area contributed by atoms with E-state index >= 15 is 0 Å². The largest absolute Gasteiger partial charge is 0.480 e. The first kappa shape index (κ1) is 41.0. The number of carboxylic acids is 1. The number of guanidine groups is 1. The number of carbonyl (C=O) groups is 7. The molecule has 0 radical (unpaired) electrons. The van der Waals surface area contributed by atoms with Crippen LogP contribution in [-0.4, -0.2) is 119 Å². The summed E-state index contributed by atoms with van der Waals surface area (Å²) in [7, 11) is 0. The first-order valence-electron chi connectivity index (χ1n) is 18.2. The number of hydrogen-bond donors (Lipinski definition) is 10. The lowest BCUT2D eigenvalue weighted by molar-refractivity contribution is -0.142. The Morgan fingerprint density at radius 2 is 1.61 bits per heavy atom. The van der Waals surface area contributed by atoms with E-state index in [1.165, 1.54) is 4.90 Å². The molecular formula is C35H51N11O8. The summed E-state index contributed by atoms with van der Waals surface area (Å²) in [6.07, 6.45) is 3.51. The Kier molecular flexibility index (Phi) is 15.1. The third kappa shape index (κ3) is 11.6. The fraction of sp³-hybridized carbons (Fsp3) is 0.543. The molecule has 19 heteroatoms. The molecular weight excluding hydrogens is 702 g/mol. The van der Waals surface area contributed by atoms with Crippen LogP contribution >= 0.6 is 0 Å². The minimum absolute atomic E-state index is 0.00843. The molecule has 0 unspecified atom stereocenters. The molecule has 2 aliphatic rings. The zero-order chi connectivity index (χ0) is 39.2. The number of aliphatic carboxylic acids is 1. The van der Waals surface area contributed by atoms with Crippen molar-refractivity contribution in [3.63, 3.8) is 0 Å². The molecule has 0 spiro atoms.